The molecule has 0 unspecified atom stereocenters. The van der Waals surface area contributed by atoms with Crippen LogP contribution in [0.25, 0.3) is 0 Å². The Labute approximate surface area is 86.6 Å². The first-order valence-corrected chi connectivity index (χ1v) is 4.80. The first-order chi connectivity index (χ1) is 7.25. The lowest BCUT2D eigenvalue weighted by molar-refractivity contribution is -0.125. The Hall–Kier alpha value is -1.69. The molecule has 1 aromatic rings. The molecular formula is C9H12N4O2. The van der Waals surface area contributed by atoms with Gasteiger partial charge in [0, 0.05) is 18.9 Å². The van der Waals surface area contributed by atoms with Gasteiger partial charge in [0.15, 0.2) is 0 Å². The van der Waals surface area contributed by atoms with E-state index in [4.69, 9.17) is 0 Å². The number of rotatable bonds is 4. The Morgan fingerprint density at radius 3 is 3.07 bits per heavy atom. The van der Waals surface area contributed by atoms with Crippen LogP contribution in [0.1, 0.15) is 6.42 Å². The largest absolute Gasteiger partial charge is 0.304 e. The molecule has 1 aliphatic heterocycles. The Bertz CT molecular complexity index is 360. The molecule has 6 nitrogen and oxygen atoms in total. The second-order valence-electron chi connectivity index (χ2n) is 3.39. The lowest BCUT2D eigenvalue weighted by Crippen LogP contribution is -2.37. The van der Waals surface area contributed by atoms with Gasteiger partial charge < -0.3 is 5.32 Å². The van der Waals surface area contributed by atoms with Gasteiger partial charge in [-0.1, -0.05) is 0 Å². The summed E-state index contributed by atoms with van der Waals surface area (Å²) < 4.78 is 1.77. The second-order valence-corrected chi connectivity index (χ2v) is 3.39. The van der Waals surface area contributed by atoms with Gasteiger partial charge in [-0.25, -0.2) is 0 Å². The molecule has 2 amide bonds. The Morgan fingerprint density at radius 1 is 1.60 bits per heavy atom. The van der Waals surface area contributed by atoms with E-state index in [0.29, 0.717) is 13.1 Å². The average molecular weight is 208 g/mol. The minimum absolute atomic E-state index is 0.211. The van der Waals surface area contributed by atoms with Crippen LogP contribution in [0.4, 0.5) is 0 Å². The summed E-state index contributed by atoms with van der Waals surface area (Å²) in [4.78, 5) is 22.0. The normalized spacial score (nSPS) is 20.7. The fourth-order valence-corrected chi connectivity index (χ4v) is 1.50. The lowest BCUT2D eigenvalue weighted by atomic mass is 10.2. The van der Waals surface area contributed by atoms with Gasteiger partial charge in [0.2, 0.25) is 11.8 Å². The van der Waals surface area contributed by atoms with Crippen LogP contribution in [0, 0.1) is 0 Å². The number of nitrogens with zero attached hydrogens (tertiary/aromatic N) is 2. The summed E-state index contributed by atoms with van der Waals surface area (Å²) in [7, 11) is 0. The maximum absolute atomic E-state index is 11.2. The van der Waals surface area contributed by atoms with E-state index in [9.17, 15) is 9.59 Å². The molecule has 0 aromatic carbocycles. The molecule has 15 heavy (non-hydrogen) atoms. The van der Waals surface area contributed by atoms with Crippen molar-refractivity contribution in [2.75, 3.05) is 6.54 Å². The van der Waals surface area contributed by atoms with E-state index in [1.807, 2.05) is 12.3 Å². The molecule has 2 rings (SSSR count). The van der Waals surface area contributed by atoms with E-state index in [-0.39, 0.29) is 24.3 Å². The summed E-state index contributed by atoms with van der Waals surface area (Å²) in [6.45, 7) is 1.30. The van der Waals surface area contributed by atoms with Crippen molar-refractivity contribution < 1.29 is 9.59 Å². The van der Waals surface area contributed by atoms with Gasteiger partial charge in [-0.3, -0.25) is 19.6 Å². The first kappa shape index (κ1) is 9.85. The number of aromatic nitrogens is 2. The van der Waals surface area contributed by atoms with Crippen molar-refractivity contribution in [3.05, 3.63) is 18.5 Å². The van der Waals surface area contributed by atoms with Gasteiger partial charge in [-0.15, -0.1) is 0 Å². The maximum atomic E-state index is 11.2. The molecular weight excluding hydrogens is 196 g/mol. The van der Waals surface area contributed by atoms with Crippen LogP contribution in [-0.4, -0.2) is 34.2 Å². The molecule has 1 saturated heterocycles. The fourth-order valence-electron chi connectivity index (χ4n) is 1.50. The fraction of sp³-hybridized carbons (Fsp3) is 0.444. The third-order valence-electron chi connectivity index (χ3n) is 2.26. The number of hydrogen-bond donors (Lipinski definition) is 2. The number of carbonyl (C=O) groups excluding carboxylic acids is 2. The molecule has 0 spiro atoms. The van der Waals surface area contributed by atoms with Crippen molar-refractivity contribution in [1.29, 1.82) is 0 Å². The predicted octanol–water partition coefficient (Wildman–Crippen LogP) is -1.11. The van der Waals surface area contributed by atoms with Crippen molar-refractivity contribution in [2.45, 2.75) is 19.0 Å². The number of imide groups is 1. The highest BCUT2D eigenvalue weighted by molar-refractivity contribution is 6.05. The minimum Gasteiger partial charge on any atom is -0.304 e. The molecule has 1 atom stereocenters. The quantitative estimate of drug-likeness (QED) is 0.615. The molecule has 2 heterocycles. The minimum atomic E-state index is -0.381. The Morgan fingerprint density at radius 2 is 2.47 bits per heavy atom. The molecule has 0 saturated carbocycles. The van der Waals surface area contributed by atoms with Crippen molar-refractivity contribution in [3.63, 3.8) is 0 Å². The molecule has 0 radical (unpaired) electrons. The molecule has 6 heteroatoms. The molecule has 1 fully saturated rings. The van der Waals surface area contributed by atoms with Crippen LogP contribution in [-0.2, 0) is 16.1 Å². The van der Waals surface area contributed by atoms with Crippen LogP contribution >= 0.6 is 0 Å². The lowest BCUT2D eigenvalue weighted by Gasteiger charge is -2.08. The van der Waals surface area contributed by atoms with E-state index < -0.39 is 0 Å². The molecule has 1 aromatic heterocycles. The molecule has 0 bridgehead atoms. The summed E-state index contributed by atoms with van der Waals surface area (Å²) in [5, 5.41) is 9.28. The molecule has 80 valence electrons. The summed E-state index contributed by atoms with van der Waals surface area (Å²) in [6.07, 6.45) is 3.78. The highest BCUT2D eigenvalue weighted by Gasteiger charge is 2.29. The summed E-state index contributed by atoms with van der Waals surface area (Å²) >= 11 is 0. The van der Waals surface area contributed by atoms with Crippen molar-refractivity contribution in [3.8, 4) is 0 Å². The van der Waals surface area contributed by atoms with Gasteiger partial charge in [-0.2, -0.15) is 5.10 Å². The van der Waals surface area contributed by atoms with E-state index >= 15 is 0 Å². The van der Waals surface area contributed by atoms with Crippen LogP contribution in [0.15, 0.2) is 18.5 Å². The SMILES string of the molecule is O=C1C[C@H](NCCn2cccn2)C(=O)N1. The van der Waals surface area contributed by atoms with Crippen molar-refractivity contribution in [1.82, 2.24) is 20.4 Å². The Balaban J connectivity index is 1.74. The van der Waals surface area contributed by atoms with Gasteiger partial charge in [0.05, 0.1) is 19.0 Å². The average Bonchev–Trinajstić information content (AvgIpc) is 2.77. The highest BCUT2D eigenvalue weighted by atomic mass is 16.2. The van der Waals surface area contributed by atoms with Crippen molar-refractivity contribution >= 4 is 11.8 Å². The third kappa shape index (κ3) is 2.41. The molecule has 1 aliphatic rings. The third-order valence-corrected chi connectivity index (χ3v) is 2.26. The molecule has 2 N–H and O–H groups in total. The zero-order valence-electron chi connectivity index (χ0n) is 8.14. The van der Waals surface area contributed by atoms with E-state index in [0.717, 1.165) is 0 Å². The van der Waals surface area contributed by atoms with Gasteiger partial charge in [0.25, 0.3) is 0 Å². The van der Waals surface area contributed by atoms with E-state index in [2.05, 4.69) is 15.7 Å². The number of amides is 2. The van der Waals surface area contributed by atoms with Crippen LogP contribution < -0.4 is 10.6 Å². The van der Waals surface area contributed by atoms with Gasteiger partial charge >= 0.3 is 0 Å². The Kier molecular flexibility index (Phi) is 2.77. The number of carbonyl (C=O) groups is 2. The van der Waals surface area contributed by atoms with Crippen LogP contribution in [0.2, 0.25) is 0 Å². The summed E-state index contributed by atoms with van der Waals surface area (Å²) in [5.41, 5.74) is 0. The zero-order chi connectivity index (χ0) is 10.7. The topological polar surface area (TPSA) is 76.0 Å². The van der Waals surface area contributed by atoms with Crippen LogP contribution in [0.3, 0.4) is 0 Å². The zero-order valence-corrected chi connectivity index (χ0v) is 8.14. The predicted molar refractivity (Wildman–Crippen MR) is 51.8 cm³/mol. The number of nitrogens with one attached hydrogen (secondary N) is 2. The van der Waals surface area contributed by atoms with Crippen molar-refractivity contribution in [2.24, 2.45) is 0 Å². The van der Waals surface area contributed by atoms with E-state index in [1.54, 1.807) is 10.9 Å². The number of hydrogen-bond acceptors (Lipinski definition) is 4. The molecule has 0 aliphatic carbocycles. The van der Waals surface area contributed by atoms with Crippen LogP contribution in [0.5, 0.6) is 0 Å². The standard InChI is InChI=1S/C9H12N4O2/c14-8-6-7(9(15)12-8)10-3-5-13-4-1-2-11-13/h1-2,4,7,10H,3,5-6H2,(H,12,14,15)/t7-/m0/s1. The summed E-state index contributed by atoms with van der Waals surface area (Å²) in [6, 6.07) is 1.46. The highest BCUT2D eigenvalue weighted by Crippen LogP contribution is 2.00. The van der Waals surface area contributed by atoms with E-state index in [1.165, 1.54) is 0 Å². The smallest absolute Gasteiger partial charge is 0.244 e. The summed E-state index contributed by atoms with van der Waals surface area (Å²) in [5.74, 6) is -0.447. The maximum Gasteiger partial charge on any atom is 0.244 e. The van der Waals surface area contributed by atoms with Gasteiger partial charge in [0.1, 0.15) is 0 Å². The first-order valence-electron chi connectivity index (χ1n) is 4.80. The second kappa shape index (κ2) is 4.22. The monoisotopic (exact) mass is 208 g/mol. The van der Waals surface area contributed by atoms with Gasteiger partial charge in [-0.05, 0) is 6.07 Å².